The first-order valence-electron chi connectivity index (χ1n) is 5.54. The van der Waals surface area contributed by atoms with Gasteiger partial charge in [0.15, 0.2) is 0 Å². The topological polar surface area (TPSA) is 35.5 Å². The number of nitrogens with one attached hydrogen (secondary N) is 1. The molecule has 1 aliphatic heterocycles. The van der Waals surface area contributed by atoms with Crippen molar-refractivity contribution in [1.82, 2.24) is 4.90 Å². The van der Waals surface area contributed by atoms with E-state index in [9.17, 15) is 5.11 Å². The van der Waals surface area contributed by atoms with Crippen LogP contribution in [0.3, 0.4) is 0 Å². The Labute approximate surface area is 90.7 Å². The summed E-state index contributed by atoms with van der Waals surface area (Å²) in [6.07, 6.45) is 0.812. The van der Waals surface area contributed by atoms with Gasteiger partial charge in [-0.1, -0.05) is 18.2 Å². The maximum absolute atomic E-state index is 9.35. The molecule has 0 radical (unpaired) electrons. The Hall–Kier alpha value is -1.06. The van der Waals surface area contributed by atoms with Gasteiger partial charge in [-0.25, -0.2) is 0 Å². The number of likely N-dealkylation sites (tertiary alicyclic amines) is 1. The first-order chi connectivity index (χ1) is 7.34. The number of para-hydroxylation sites is 1. The van der Waals surface area contributed by atoms with Gasteiger partial charge in [-0.05, 0) is 18.6 Å². The molecule has 0 amide bonds. The van der Waals surface area contributed by atoms with Crippen molar-refractivity contribution in [2.45, 2.75) is 12.5 Å². The second-order valence-electron chi connectivity index (χ2n) is 4.04. The molecule has 2 N–H and O–H groups in total. The Morgan fingerprint density at radius 1 is 1.33 bits per heavy atom. The minimum absolute atomic E-state index is 0.110. The van der Waals surface area contributed by atoms with E-state index in [1.165, 1.54) is 0 Å². The largest absolute Gasteiger partial charge is 0.392 e. The fourth-order valence-corrected chi connectivity index (χ4v) is 1.93. The molecule has 1 aromatic carbocycles. The van der Waals surface area contributed by atoms with Gasteiger partial charge in [0.2, 0.25) is 0 Å². The van der Waals surface area contributed by atoms with Crippen LogP contribution in [0.15, 0.2) is 30.3 Å². The fourth-order valence-electron chi connectivity index (χ4n) is 1.93. The highest BCUT2D eigenvalue weighted by molar-refractivity contribution is 5.42. The van der Waals surface area contributed by atoms with E-state index >= 15 is 0 Å². The normalized spacial score (nSPS) is 21.8. The van der Waals surface area contributed by atoms with Crippen molar-refractivity contribution < 1.29 is 5.11 Å². The lowest BCUT2D eigenvalue weighted by molar-refractivity contribution is 0.177. The highest BCUT2D eigenvalue weighted by Gasteiger charge is 2.18. The Bertz CT molecular complexity index is 289. The molecular weight excluding hydrogens is 188 g/mol. The van der Waals surface area contributed by atoms with Gasteiger partial charge in [0.1, 0.15) is 0 Å². The van der Waals surface area contributed by atoms with Crippen molar-refractivity contribution in [2.75, 3.05) is 31.5 Å². The van der Waals surface area contributed by atoms with Crippen molar-refractivity contribution >= 4 is 5.69 Å². The molecule has 1 aliphatic rings. The molecule has 3 nitrogen and oxygen atoms in total. The molecule has 1 aromatic rings. The highest BCUT2D eigenvalue weighted by atomic mass is 16.3. The van der Waals surface area contributed by atoms with Crippen LogP contribution in [0.25, 0.3) is 0 Å². The first kappa shape index (κ1) is 10.5. The maximum Gasteiger partial charge on any atom is 0.0679 e. The number of β-amino-alcohol motifs (C(OH)–C–C–N with tert-alkyl or cyclic N) is 1. The number of rotatable bonds is 4. The fraction of sp³-hybridized carbons (Fsp3) is 0.500. The van der Waals surface area contributed by atoms with Crippen LogP contribution in [0.4, 0.5) is 5.69 Å². The smallest absolute Gasteiger partial charge is 0.0679 e. The van der Waals surface area contributed by atoms with Crippen LogP contribution in [0.2, 0.25) is 0 Å². The van der Waals surface area contributed by atoms with Gasteiger partial charge >= 0.3 is 0 Å². The molecule has 82 valence electrons. The quantitative estimate of drug-likeness (QED) is 0.776. The number of hydrogen-bond acceptors (Lipinski definition) is 3. The SMILES string of the molecule is OC1CCN(CCNc2ccccc2)C1. The molecule has 0 aromatic heterocycles. The molecule has 3 heteroatoms. The Morgan fingerprint density at radius 3 is 2.80 bits per heavy atom. The zero-order chi connectivity index (χ0) is 10.5. The van der Waals surface area contributed by atoms with Crippen LogP contribution in [0.5, 0.6) is 0 Å². The minimum Gasteiger partial charge on any atom is -0.392 e. The van der Waals surface area contributed by atoms with E-state index in [4.69, 9.17) is 0 Å². The lowest BCUT2D eigenvalue weighted by atomic mass is 10.3. The van der Waals surface area contributed by atoms with E-state index in [-0.39, 0.29) is 6.10 Å². The van der Waals surface area contributed by atoms with Crippen molar-refractivity contribution in [1.29, 1.82) is 0 Å². The van der Waals surface area contributed by atoms with Gasteiger partial charge < -0.3 is 10.4 Å². The molecule has 0 saturated carbocycles. The van der Waals surface area contributed by atoms with Gasteiger partial charge in [-0.15, -0.1) is 0 Å². The lowest BCUT2D eigenvalue weighted by Gasteiger charge is -2.15. The van der Waals surface area contributed by atoms with Gasteiger partial charge in [0.05, 0.1) is 6.10 Å². The molecule has 0 bridgehead atoms. The zero-order valence-corrected chi connectivity index (χ0v) is 8.89. The van der Waals surface area contributed by atoms with Crippen LogP contribution >= 0.6 is 0 Å². The Morgan fingerprint density at radius 2 is 2.13 bits per heavy atom. The molecule has 0 aliphatic carbocycles. The third-order valence-electron chi connectivity index (χ3n) is 2.78. The Balaban J connectivity index is 1.67. The van der Waals surface area contributed by atoms with E-state index in [0.29, 0.717) is 0 Å². The zero-order valence-electron chi connectivity index (χ0n) is 8.89. The second-order valence-corrected chi connectivity index (χ2v) is 4.04. The summed E-state index contributed by atoms with van der Waals surface area (Å²) in [7, 11) is 0. The van der Waals surface area contributed by atoms with Gasteiger partial charge in [-0.2, -0.15) is 0 Å². The molecule has 1 unspecified atom stereocenters. The van der Waals surface area contributed by atoms with E-state index in [0.717, 1.165) is 38.3 Å². The van der Waals surface area contributed by atoms with Crippen molar-refractivity contribution in [2.24, 2.45) is 0 Å². The predicted octanol–water partition coefficient (Wildman–Crippen LogP) is 1.17. The number of anilines is 1. The summed E-state index contributed by atoms with van der Waals surface area (Å²) in [6, 6.07) is 10.2. The van der Waals surface area contributed by atoms with E-state index in [2.05, 4.69) is 22.3 Å². The third-order valence-corrected chi connectivity index (χ3v) is 2.78. The number of nitrogens with zero attached hydrogens (tertiary/aromatic N) is 1. The summed E-state index contributed by atoms with van der Waals surface area (Å²) < 4.78 is 0. The van der Waals surface area contributed by atoms with E-state index in [1.807, 2.05) is 18.2 Å². The second kappa shape index (κ2) is 5.14. The molecular formula is C12H18N2O. The van der Waals surface area contributed by atoms with Crippen LogP contribution in [-0.4, -0.2) is 42.3 Å². The summed E-state index contributed by atoms with van der Waals surface area (Å²) in [5.41, 5.74) is 1.16. The van der Waals surface area contributed by atoms with Gasteiger partial charge in [0, 0.05) is 31.9 Å². The molecule has 1 atom stereocenters. The van der Waals surface area contributed by atoms with Crippen LogP contribution in [-0.2, 0) is 0 Å². The summed E-state index contributed by atoms with van der Waals surface area (Å²) in [5.74, 6) is 0. The van der Waals surface area contributed by atoms with Crippen LogP contribution in [0, 0.1) is 0 Å². The molecule has 1 fully saturated rings. The van der Waals surface area contributed by atoms with Crippen LogP contribution in [0.1, 0.15) is 6.42 Å². The Kier molecular flexibility index (Phi) is 3.59. The number of benzene rings is 1. The van der Waals surface area contributed by atoms with Gasteiger partial charge in [0.25, 0.3) is 0 Å². The number of hydrogen-bond donors (Lipinski definition) is 2. The summed E-state index contributed by atoms with van der Waals surface area (Å²) in [6.45, 7) is 3.80. The van der Waals surface area contributed by atoms with Crippen molar-refractivity contribution in [3.63, 3.8) is 0 Å². The lowest BCUT2D eigenvalue weighted by Crippen LogP contribution is -2.27. The standard InChI is InChI=1S/C12H18N2O/c15-12-6-8-14(10-12)9-7-13-11-4-2-1-3-5-11/h1-5,12-13,15H,6-10H2. The molecule has 1 saturated heterocycles. The summed E-state index contributed by atoms with van der Waals surface area (Å²) >= 11 is 0. The molecule has 0 spiro atoms. The van der Waals surface area contributed by atoms with E-state index < -0.39 is 0 Å². The summed E-state index contributed by atoms with van der Waals surface area (Å²) in [4.78, 5) is 2.29. The molecule has 2 rings (SSSR count). The average molecular weight is 206 g/mol. The third kappa shape index (κ3) is 3.22. The first-order valence-corrected chi connectivity index (χ1v) is 5.54. The van der Waals surface area contributed by atoms with E-state index in [1.54, 1.807) is 0 Å². The average Bonchev–Trinajstić information content (AvgIpc) is 2.66. The van der Waals surface area contributed by atoms with Crippen LogP contribution < -0.4 is 5.32 Å². The summed E-state index contributed by atoms with van der Waals surface area (Å²) in [5, 5.41) is 12.7. The maximum atomic E-state index is 9.35. The minimum atomic E-state index is -0.110. The predicted molar refractivity (Wildman–Crippen MR) is 62.0 cm³/mol. The molecule has 1 heterocycles. The van der Waals surface area contributed by atoms with Crippen molar-refractivity contribution in [3.8, 4) is 0 Å². The number of aliphatic hydroxyl groups is 1. The molecule has 15 heavy (non-hydrogen) atoms. The van der Waals surface area contributed by atoms with Gasteiger partial charge in [-0.3, -0.25) is 4.90 Å². The van der Waals surface area contributed by atoms with Crippen molar-refractivity contribution in [3.05, 3.63) is 30.3 Å². The monoisotopic (exact) mass is 206 g/mol. The number of aliphatic hydroxyl groups excluding tert-OH is 1. The highest BCUT2D eigenvalue weighted by Crippen LogP contribution is 2.08.